The molecule has 3 rings (SSSR count). The van der Waals surface area contributed by atoms with Crippen molar-refractivity contribution in [3.63, 3.8) is 0 Å². The van der Waals surface area contributed by atoms with Crippen LogP contribution in [0.2, 0.25) is 0 Å². The molecule has 0 saturated carbocycles. The predicted molar refractivity (Wildman–Crippen MR) is 66.9 cm³/mol. The van der Waals surface area contributed by atoms with E-state index in [4.69, 9.17) is 10.3 Å². The summed E-state index contributed by atoms with van der Waals surface area (Å²) in [6, 6.07) is 8.77. The highest BCUT2D eigenvalue weighted by molar-refractivity contribution is 5.42. The Labute approximate surface area is 101 Å². The zero-order valence-corrected chi connectivity index (χ0v) is 9.94. The van der Waals surface area contributed by atoms with Gasteiger partial charge in [0.2, 0.25) is 5.88 Å². The average Bonchev–Trinajstić information content (AvgIpc) is 2.72. The van der Waals surface area contributed by atoms with E-state index in [9.17, 15) is 0 Å². The number of hydrogen-bond acceptors (Lipinski definition) is 3. The topological polar surface area (TPSA) is 52.0 Å². The molecular formula is C14H16N2O. The van der Waals surface area contributed by atoms with Gasteiger partial charge in [-0.3, -0.25) is 0 Å². The maximum absolute atomic E-state index is 5.74. The molecule has 3 nitrogen and oxygen atoms in total. The maximum atomic E-state index is 5.74. The summed E-state index contributed by atoms with van der Waals surface area (Å²) in [6.45, 7) is 2.11. The Kier molecular flexibility index (Phi) is 2.39. The van der Waals surface area contributed by atoms with E-state index in [2.05, 4.69) is 36.3 Å². The van der Waals surface area contributed by atoms with Crippen LogP contribution in [0.5, 0.6) is 0 Å². The minimum absolute atomic E-state index is 0.502. The molecule has 0 fully saturated rings. The summed E-state index contributed by atoms with van der Waals surface area (Å²) in [5.41, 5.74) is 10.6. The number of nitrogen functional groups attached to an aromatic ring is 1. The van der Waals surface area contributed by atoms with Crippen molar-refractivity contribution < 1.29 is 4.52 Å². The number of benzene rings is 1. The zero-order valence-electron chi connectivity index (χ0n) is 9.94. The first-order valence-corrected chi connectivity index (χ1v) is 6.03. The van der Waals surface area contributed by atoms with Gasteiger partial charge in [0.15, 0.2) is 0 Å². The summed E-state index contributed by atoms with van der Waals surface area (Å²) < 4.78 is 5.05. The highest BCUT2D eigenvalue weighted by atomic mass is 16.5. The smallest absolute Gasteiger partial charge is 0.225 e. The molecule has 88 valence electrons. The van der Waals surface area contributed by atoms with Gasteiger partial charge in [-0.05, 0) is 31.2 Å². The van der Waals surface area contributed by atoms with Crippen molar-refractivity contribution in [2.45, 2.75) is 32.1 Å². The summed E-state index contributed by atoms with van der Waals surface area (Å²) in [5, 5.41) is 4.05. The van der Waals surface area contributed by atoms with E-state index in [0.29, 0.717) is 11.8 Å². The molecular weight excluding hydrogens is 212 g/mol. The second kappa shape index (κ2) is 3.91. The number of hydrogen-bond donors (Lipinski definition) is 1. The van der Waals surface area contributed by atoms with E-state index in [1.165, 1.54) is 11.1 Å². The van der Waals surface area contributed by atoms with Crippen LogP contribution in [0.3, 0.4) is 0 Å². The van der Waals surface area contributed by atoms with Crippen molar-refractivity contribution in [1.29, 1.82) is 0 Å². The molecule has 0 saturated heterocycles. The zero-order chi connectivity index (χ0) is 11.8. The summed E-state index contributed by atoms with van der Waals surface area (Å²) in [4.78, 5) is 0. The summed E-state index contributed by atoms with van der Waals surface area (Å²) >= 11 is 0. The average molecular weight is 228 g/mol. The first-order valence-electron chi connectivity index (χ1n) is 6.03. The molecule has 1 atom stereocenters. The standard InChI is InChI=1S/C14H16N2O/c1-9-2-4-10(5-3-9)11-6-7-12-13(8-11)16-17-14(12)15/h2-5,11H,6-8,15H2,1H3. The van der Waals surface area contributed by atoms with Gasteiger partial charge in [-0.1, -0.05) is 35.0 Å². The van der Waals surface area contributed by atoms with E-state index < -0.39 is 0 Å². The monoisotopic (exact) mass is 228 g/mol. The predicted octanol–water partition coefficient (Wildman–Crippen LogP) is 2.84. The van der Waals surface area contributed by atoms with Crippen LogP contribution in [-0.4, -0.2) is 5.16 Å². The third kappa shape index (κ3) is 1.82. The second-order valence-electron chi connectivity index (χ2n) is 4.82. The molecule has 2 N–H and O–H groups in total. The molecule has 0 amide bonds. The van der Waals surface area contributed by atoms with Gasteiger partial charge >= 0.3 is 0 Å². The fourth-order valence-electron chi connectivity index (χ4n) is 2.56. The molecule has 1 aliphatic carbocycles. The molecule has 0 radical (unpaired) electrons. The number of anilines is 1. The first kappa shape index (κ1) is 10.4. The number of rotatable bonds is 1. The van der Waals surface area contributed by atoms with Gasteiger partial charge in [0, 0.05) is 12.0 Å². The Bertz CT molecular complexity index is 528. The number of aromatic nitrogens is 1. The van der Waals surface area contributed by atoms with E-state index in [-0.39, 0.29) is 0 Å². The number of aryl methyl sites for hydroxylation is 1. The third-order valence-corrected chi connectivity index (χ3v) is 3.63. The van der Waals surface area contributed by atoms with E-state index in [0.717, 1.165) is 30.5 Å². The van der Waals surface area contributed by atoms with Gasteiger partial charge < -0.3 is 10.3 Å². The van der Waals surface area contributed by atoms with E-state index in [1.807, 2.05) is 0 Å². The Morgan fingerprint density at radius 1 is 1.29 bits per heavy atom. The molecule has 1 heterocycles. The fourth-order valence-corrected chi connectivity index (χ4v) is 2.56. The molecule has 17 heavy (non-hydrogen) atoms. The molecule has 0 spiro atoms. The van der Waals surface area contributed by atoms with Crippen molar-refractivity contribution in [2.24, 2.45) is 0 Å². The normalized spacial score (nSPS) is 19.0. The molecule has 2 aromatic rings. The molecule has 1 aliphatic rings. The van der Waals surface area contributed by atoms with Crippen molar-refractivity contribution in [1.82, 2.24) is 5.16 Å². The largest absolute Gasteiger partial charge is 0.367 e. The highest BCUT2D eigenvalue weighted by Gasteiger charge is 2.25. The lowest BCUT2D eigenvalue weighted by molar-refractivity contribution is 0.424. The van der Waals surface area contributed by atoms with Gasteiger partial charge in [0.25, 0.3) is 0 Å². The Hall–Kier alpha value is -1.77. The van der Waals surface area contributed by atoms with Crippen molar-refractivity contribution in [3.8, 4) is 0 Å². The van der Waals surface area contributed by atoms with Gasteiger partial charge in [0.05, 0.1) is 5.69 Å². The van der Waals surface area contributed by atoms with Crippen LogP contribution >= 0.6 is 0 Å². The van der Waals surface area contributed by atoms with Gasteiger partial charge in [0.1, 0.15) is 0 Å². The maximum Gasteiger partial charge on any atom is 0.225 e. The van der Waals surface area contributed by atoms with Gasteiger partial charge in [-0.2, -0.15) is 0 Å². The molecule has 1 unspecified atom stereocenters. The van der Waals surface area contributed by atoms with Crippen LogP contribution < -0.4 is 5.73 Å². The molecule has 0 aliphatic heterocycles. The number of nitrogens with two attached hydrogens (primary N) is 1. The summed E-state index contributed by atoms with van der Waals surface area (Å²) in [7, 11) is 0. The quantitative estimate of drug-likeness (QED) is 0.816. The van der Waals surface area contributed by atoms with Crippen molar-refractivity contribution in [3.05, 3.63) is 46.6 Å². The SMILES string of the molecule is Cc1ccc(C2CCc3c(noc3N)C2)cc1. The van der Waals surface area contributed by atoms with Crippen LogP contribution in [0.15, 0.2) is 28.8 Å². The fraction of sp³-hybridized carbons (Fsp3) is 0.357. The third-order valence-electron chi connectivity index (χ3n) is 3.63. The lowest BCUT2D eigenvalue weighted by Gasteiger charge is -2.21. The minimum Gasteiger partial charge on any atom is -0.367 e. The summed E-state index contributed by atoms with van der Waals surface area (Å²) in [6.07, 6.45) is 3.05. The van der Waals surface area contributed by atoms with Crippen molar-refractivity contribution in [2.75, 3.05) is 5.73 Å². The number of nitrogens with zero attached hydrogens (tertiary/aromatic N) is 1. The molecule has 1 aromatic carbocycles. The number of fused-ring (bicyclic) bond motifs is 1. The van der Waals surface area contributed by atoms with Crippen LogP contribution in [0.4, 0.5) is 5.88 Å². The van der Waals surface area contributed by atoms with Crippen LogP contribution in [0.25, 0.3) is 0 Å². The highest BCUT2D eigenvalue weighted by Crippen LogP contribution is 2.34. The second-order valence-corrected chi connectivity index (χ2v) is 4.82. The van der Waals surface area contributed by atoms with E-state index in [1.54, 1.807) is 0 Å². The minimum atomic E-state index is 0.502. The van der Waals surface area contributed by atoms with Gasteiger partial charge in [-0.25, -0.2) is 0 Å². The Morgan fingerprint density at radius 3 is 2.82 bits per heavy atom. The van der Waals surface area contributed by atoms with Crippen LogP contribution in [0.1, 0.15) is 34.7 Å². The molecule has 0 bridgehead atoms. The Morgan fingerprint density at radius 2 is 2.06 bits per heavy atom. The first-order chi connectivity index (χ1) is 8.24. The van der Waals surface area contributed by atoms with E-state index >= 15 is 0 Å². The van der Waals surface area contributed by atoms with Crippen molar-refractivity contribution >= 4 is 5.88 Å². The van der Waals surface area contributed by atoms with Gasteiger partial charge in [-0.15, -0.1) is 0 Å². The lowest BCUT2D eigenvalue weighted by Crippen LogP contribution is -2.12. The molecule has 3 heteroatoms. The summed E-state index contributed by atoms with van der Waals surface area (Å²) in [5.74, 6) is 1.05. The lowest BCUT2D eigenvalue weighted by atomic mass is 9.83. The van der Waals surface area contributed by atoms with Crippen LogP contribution in [-0.2, 0) is 12.8 Å². The van der Waals surface area contributed by atoms with Crippen LogP contribution in [0, 0.1) is 6.92 Å². The Balaban J connectivity index is 1.86. The molecule has 1 aromatic heterocycles.